The van der Waals surface area contributed by atoms with Gasteiger partial charge in [0.1, 0.15) is 12.4 Å². The van der Waals surface area contributed by atoms with Gasteiger partial charge in [0.25, 0.3) is 0 Å². The topological polar surface area (TPSA) is 77.0 Å². The molecule has 2 N–H and O–H groups in total. The summed E-state index contributed by atoms with van der Waals surface area (Å²) >= 11 is 0. The lowest BCUT2D eigenvalue weighted by Crippen LogP contribution is -2.33. The first-order valence-corrected chi connectivity index (χ1v) is 6.57. The van der Waals surface area contributed by atoms with E-state index in [-0.39, 0.29) is 12.5 Å². The van der Waals surface area contributed by atoms with Crippen LogP contribution in [0.4, 0.5) is 5.82 Å². The number of carbonyl (C=O) groups excluding carboxylic acids is 1. The zero-order chi connectivity index (χ0) is 14.5. The van der Waals surface area contributed by atoms with E-state index in [1.54, 1.807) is 21.8 Å². The Kier molecular flexibility index (Phi) is 4.34. The lowest BCUT2D eigenvalue weighted by atomic mass is 10.3. The van der Waals surface area contributed by atoms with Crippen LogP contribution in [0.5, 0.6) is 0 Å². The van der Waals surface area contributed by atoms with E-state index in [2.05, 4.69) is 10.1 Å². The van der Waals surface area contributed by atoms with E-state index in [1.165, 1.54) is 0 Å². The smallest absolute Gasteiger partial charge is 0.244 e. The van der Waals surface area contributed by atoms with Crippen molar-refractivity contribution in [1.29, 1.82) is 0 Å². The Morgan fingerprint density at radius 3 is 2.80 bits per heavy atom. The summed E-state index contributed by atoms with van der Waals surface area (Å²) in [5, 5.41) is 4.02. The molecule has 0 bridgehead atoms. The average molecular weight is 273 g/mol. The molecule has 6 heteroatoms. The van der Waals surface area contributed by atoms with Gasteiger partial charge in [-0.15, -0.1) is 0 Å². The van der Waals surface area contributed by atoms with E-state index in [1.807, 2.05) is 32.0 Å². The predicted molar refractivity (Wildman–Crippen MR) is 76.7 cm³/mol. The van der Waals surface area contributed by atoms with Gasteiger partial charge in [0.2, 0.25) is 5.91 Å². The molecule has 0 aliphatic rings. The number of carbonyl (C=O) groups is 1. The third-order valence-corrected chi connectivity index (χ3v) is 2.99. The first-order valence-electron chi connectivity index (χ1n) is 6.57. The highest BCUT2D eigenvalue weighted by Gasteiger charge is 2.13. The Labute approximate surface area is 118 Å². The van der Waals surface area contributed by atoms with Crippen LogP contribution in [0.25, 0.3) is 0 Å². The fourth-order valence-electron chi connectivity index (χ4n) is 1.96. The summed E-state index contributed by atoms with van der Waals surface area (Å²) in [4.78, 5) is 18.4. The number of pyridine rings is 1. The predicted octanol–water partition coefficient (Wildman–Crippen LogP) is 1.22. The normalized spacial score (nSPS) is 10.5. The molecule has 1 amide bonds. The number of rotatable bonds is 5. The highest BCUT2D eigenvalue weighted by molar-refractivity contribution is 5.75. The lowest BCUT2D eigenvalue weighted by Gasteiger charge is -2.20. The third-order valence-electron chi connectivity index (χ3n) is 2.99. The second-order valence-electron chi connectivity index (χ2n) is 4.62. The molecule has 106 valence electrons. The molecule has 0 radical (unpaired) electrons. The number of aromatic nitrogens is 3. The molecule has 0 fully saturated rings. The molecule has 20 heavy (non-hydrogen) atoms. The SMILES string of the molecule is CCN(Cc1cccc(C)n1)C(=O)Cn1ccc(N)n1. The van der Waals surface area contributed by atoms with E-state index < -0.39 is 0 Å². The van der Waals surface area contributed by atoms with Gasteiger partial charge >= 0.3 is 0 Å². The molecule has 0 aliphatic carbocycles. The zero-order valence-corrected chi connectivity index (χ0v) is 11.8. The Balaban J connectivity index is 2.02. The molecular formula is C14H19N5O. The summed E-state index contributed by atoms with van der Waals surface area (Å²) in [7, 11) is 0. The maximum Gasteiger partial charge on any atom is 0.244 e. The first kappa shape index (κ1) is 14.0. The summed E-state index contributed by atoms with van der Waals surface area (Å²) in [5.41, 5.74) is 7.38. The molecule has 0 aromatic carbocycles. The first-order chi connectivity index (χ1) is 9.58. The number of nitrogens with two attached hydrogens (primary N) is 1. The molecule has 0 unspecified atom stereocenters. The quantitative estimate of drug-likeness (QED) is 0.888. The summed E-state index contributed by atoms with van der Waals surface area (Å²) in [6, 6.07) is 7.48. The highest BCUT2D eigenvalue weighted by Crippen LogP contribution is 2.05. The standard InChI is InChI=1S/C14H19N5O/c1-3-18(9-12-6-4-5-11(2)16-12)14(20)10-19-8-7-13(15)17-19/h4-8H,3,9-10H2,1-2H3,(H2,15,17). The van der Waals surface area contributed by atoms with E-state index in [9.17, 15) is 4.79 Å². The lowest BCUT2D eigenvalue weighted by molar-refractivity contribution is -0.132. The number of hydrogen-bond donors (Lipinski definition) is 1. The maximum atomic E-state index is 12.2. The molecule has 6 nitrogen and oxygen atoms in total. The molecule has 0 atom stereocenters. The molecule has 2 aromatic heterocycles. The Hall–Kier alpha value is -2.37. The van der Waals surface area contributed by atoms with Gasteiger partial charge in [-0.2, -0.15) is 5.10 Å². The molecule has 0 aliphatic heterocycles. The van der Waals surface area contributed by atoms with Gasteiger partial charge < -0.3 is 10.6 Å². The zero-order valence-electron chi connectivity index (χ0n) is 11.8. The van der Waals surface area contributed by atoms with Crippen molar-refractivity contribution in [2.75, 3.05) is 12.3 Å². The van der Waals surface area contributed by atoms with Gasteiger partial charge in [0.05, 0.1) is 12.2 Å². The average Bonchev–Trinajstić information content (AvgIpc) is 2.81. The van der Waals surface area contributed by atoms with Gasteiger partial charge in [-0.3, -0.25) is 14.5 Å². The maximum absolute atomic E-state index is 12.2. The van der Waals surface area contributed by atoms with Crippen molar-refractivity contribution >= 4 is 11.7 Å². The number of nitrogen functional groups attached to an aromatic ring is 1. The van der Waals surface area contributed by atoms with Crippen molar-refractivity contribution in [2.24, 2.45) is 0 Å². The van der Waals surface area contributed by atoms with Crippen LogP contribution in [0.2, 0.25) is 0 Å². The Morgan fingerprint density at radius 1 is 1.40 bits per heavy atom. The molecule has 2 heterocycles. The number of likely N-dealkylation sites (N-methyl/N-ethyl adjacent to an activating group) is 1. The van der Waals surface area contributed by atoms with Crippen LogP contribution in [0.1, 0.15) is 18.3 Å². The van der Waals surface area contributed by atoms with Crippen molar-refractivity contribution in [1.82, 2.24) is 19.7 Å². The van der Waals surface area contributed by atoms with Crippen LogP contribution < -0.4 is 5.73 Å². The van der Waals surface area contributed by atoms with E-state index in [0.717, 1.165) is 11.4 Å². The summed E-state index contributed by atoms with van der Waals surface area (Å²) < 4.78 is 1.55. The number of nitrogens with zero attached hydrogens (tertiary/aromatic N) is 4. The van der Waals surface area contributed by atoms with Crippen molar-refractivity contribution < 1.29 is 4.79 Å². The van der Waals surface area contributed by atoms with Gasteiger partial charge in [-0.1, -0.05) is 6.07 Å². The Bertz CT molecular complexity index is 593. The van der Waals surface area contributed by atoms with Gasteiger partial charge in [0, 0.05) is 18.4 Å². The summed E-state index contributed by atoms with van der Waals surface area (Å²) in [6.45, 7) is 5.22. The molecule has 2 aromatic rings. The summed E-state index contributed by atoms with van der Waals surface area (Å²) in [5.74, 6) is 0.417. The summed E-state index contributed by atoms with van der Waals surface area (Å²) in [6.07, 6.45) is 1.70. The van der Waals surface area contributed by atoms with Crippen molar-refractivity contribution in [3.05, 3.63) is 41.9 Å². The van der Waals surface area contributed by atoms with Crippen molar-refractivity contribution in [3.63, 3.8) is 0 Å². The van der Waals surface area contributed by atoms with Gasteiger partial charge in [-0.25, -0.2) is 0 Å². The number of anilines is 1. The number of hydrogen-bond acceptors (Lipinski definition) is 4. The molecular weight excluding hydrogens is 254 g/mol. The fraction of sp³-hybridized carbons (Fsp3) is 0.357. The van der Waals surface area contributed by atoms with Crippen LogP contribution in [0.3, 0.4) is 0 Å². The van der Waals surface area contributed by atoms with Crippen LogP contribution >= 0.6 is 0 Å². The minimum atomic E-state index is -0.00101. The van der Waals surface area contributed by atoms with Crippen molar-refractivity contribution in [2.45, 2.75) is 26.9 Å². The van der Waals surface area contributed by atoms with Crippen LogP contribution in [0.15, 0.2) is 30.5 Å². The number of aryl methyl sites for hydroxylation is 1. The molecule has 0 spiro atoms. The van der Waals surface area contributed by atoms with Crippen molar-refractivity contribution in [3.8, 4) is 0 Å². The molecule has 0 saturated carbocycles. The third kappa shape index (κ3) is 3.57. The van der Waals surface area contributed by atoms with E-state index in [4.69, 9.17) is 5.73 Å². The highest BCUT2D eigenvalue weighted by atomic mass is 16.2. The minimum absolute atomic E-state index is 0.00101. The molecule has 2 rings (SSSR count). The van der Waals surface area contributed by atoms with Gasteiger partial charge in [-0.05, 0) is 32.0 Å². The second-order valence-corrected chi connectivity index (χ2v) is 4.62. The van der Waals surface area contributed by atoms with Crippen LogP contribution in [-0.2, 0) is 17.9 Å². The van der Waals surface area contributed by atoms with E-state index >= 15 is 0 Å². The molecule has 0 saturated heterocycles. The minimum Gasteiger partial charge on any atom is -0.382 e. The van der Waals surface area contributed by atoms with Crippen LogP contribution in [0, 0.1) is 6.92 Å². The Morgan fingerprint density at radius 2 is 2.20 bits per heavy atom. The largest absolute Gasteiger partial charge is 0.382 e. The number of amides is 1. The monoisotopic (exact) mass is 273 g/mol. The fourth-order valence-corrected chi connectivity index (χ4v) is 1.96. The second kappa shape index (κ2) is 6.18. The van der Waals surface area contributed by atoms with Crippen LogP contribution in [-0.4, -0.2) is 32.1 Å². The van der Waals surface area contributed by atoms with E-state index in [0.29, 0.717) is 18.9 Å². The van der Waals surface area contributed by atoms with Gasteiger partial charge in [0.15, 0.2) is 0 Å².